The van der Waals surface area contributed by atoms with Crippen LogP contribution in [0, 0.1) is 15.5 Å². The van der Waals surface area contributed by atoms with E-state index in [4.69, 9.17) is 11.6 Å². The van der Waals surface area contributed by atoms with Gasteiger partial charge in [0.1, 0.15) is 5.69 Å². The van der Waals surface area contributed by atoms with E-state index in [-0.39, 0.29) is 11.1 Å². The number of hydrogen-bond donors (Lipinski definition) is 1. The van der Waals surface area contributed by atoms with E-state index in [1.165, 1.54) is 31.7 Å². The topological polar surface area (TPSA) is 55.2 Å². The summed E-state index contributed by atoms with van der Waals surface area (Å²) in [6, 6.07) is 4.74. The molecule has 5 heteroatoms. The number of nitro groups is 1. The Hall–Kier alpha value is -1.29. The molecule has 0 amide bonds. The summed E-state index contributed by atoms with van der Waals surface area (Å²) in [5.41, 5.74) is 0.856. The lowest BCUT2D eigenvalue weighted by atomic mass is 9.89. The molecule has 0 saturated heterocycles. The van der Waals surface area contributed by atoms with Crippen LogP contribution >= 0.6 is 11.6 Å². The van der Waals surface area contributed by atoms with Crippen molar-refractivity contribution in [1.29, 1.82) is 0 Å². The first-order valence-corrected chi connectivity index (χ1v) is 6.56. The van der Waals surface area contributed by atoms with Gasteiger partial charge in [0.25, 0.3) is 5.69 Å². The molecule has 0 atom stereocenters. The van der Waals surface area contributed by atoms with E-state index >= 15 is 0 Å². The Morgan fingerprint density at radius 3 is 2.72 bits per heavy atom. The Kier molecular flexibility index (Phi) is 3.76. The molecule has 1 N–H and O–H groups in total. The van der Waals surface area contributed by atoms with E-state index in [0.717, 1.165) is 6.54 Å². The lowest BCUT2D eigenvalue weighted by Crippen LogP contribution is -2.23. The number of nitro benzene ring substituents is 1. The number of halogens is 1. The van der Waals surface area contributed by atoms with E-state index < -0.39 is 4.92 Å². The molecular formula is C13H17ClN2O2. The van der Waals surface area contributed by atoms with Crippen LogP contribution in [0.3, 0.4) is 0 Å². The maximum atomic E-state index is 11.0. The Balaban J connectivity index is 2.11. The van der Waals surface area contributed by atoms with Crippen LogP contribution in [0.15, 0.2) is 18.2 Å². The van der Waals surface area contributed by atoms with Crippen LogP contribution in [-0.4, -0.2) is 11.5 Å². The van der Waals surface area contributed by atoms with Gasteiger partial charge in [-0.2, -0.15) is 0 Å². The molecular weight excluding hydrogens is 252 g/mol. The Bertz CT molecular complexity index is 456. The molecule has 0 bridgehead atoms. The number of hydrogen-bond acceptors (Lipinski definition) is 3. The third-order valence-corrected chi connectivity index (χ3v) is 3.91. The Morgan fingerprint density at radius 1 is 1.44 bits per heavy atom. The highest BCUT2D eigenvalue weighted by Gasteiger charge is 2.29. The summed E-state index contributed by atoms with van der Waals surface area (Å²) in [6.07, 6.45) is 4.87. The molecule has 1 aromatic carbocycles. The summed E-state index contributed by atoms with van der Waals surface area (Å²) in [6.45, 7) is 3.00. The van der Waals surface area contributed by atoms with Gasteiger partial charge in [-0.1, -0.05) is 31.4 Å². The van der Waals surface area contributed by atoms with E-state index in [1.807, 2.05) is 0 Å². The lowest BCUT2D eigenvalue weighted by Gasteiger charge is -2.24. The van der Waals surface area contributed by atoms with Gasteiger partial charge in [-0.15, -0.1) is 0 Å². The Morgan fingerprint density at radius 2 is 2.11 bits per heavy atom. The quantitative estimate of drug-likeness (QED) is 0.656. The molecule has 1 saturated carbocycles. The molecule has 1 aliphatic rings. The van der Waals surface area contributed by atoms with Crippen LogP contribution in [0.2, 0.25) is 5.02 Å². The predicted molar refractivity (Wildman–Crippen MR) is 73.2 cm³/mol. The number of rotatable bonds is 4. The molecule has 2 rings (SSSR count). The maximum Gasteiger partial charge on any atom is 0.293 e. The first kappa shape index (κ1) is 13.1. The monoisotopic (exact) mass is 268 g/mol. The molecule has 0 aliphatic heterocycles. The molecule has 0 radical (unpaired) electrons. The molecule has 0 unspecified atom stereocenters. The standard InChI is InChI=1S/C13H17ClN2O2/c1-13(6-2-3-7-13)9-15-11-5-4-10(14)8-12(11)16(17)18/h4-5,8,15H,2-3,6-7,9H2,1H3. The molecule has 18 heavy (non-hydrogen) atoms. The summed E-state index contributed by atoms with van der Waals surface area (Å²) in [5.74, 6) is 0. The average Bonchev–Trinajstić information content (AvgIpc) is 2.75. The van der Waals surface area contributed by atoms with Gasteiger partial charge in [0.05, 0.1) is 4.92 Å². The second kappa shape index (κ2) is 5.14. The van der Waals surface area contributed by atoms with Crippen molar-refractivity contribution in [2.24, 2.45) is 5.41 Å². The van der Waals surface area contributed by atoms with Gasteiger partial charge in [0.15, 0.2) is 0 Å². The van der Waals surface area contributed by atoms with Crippen molar-refractivity contribution >= 4 is 23.0 Å². The highest BCUT2D eigenvalue weighted by molar-refractivity contribution is 6.30. The predicted octanol–water partition coefficient (Wildman–Crippen LogP) is 4.24. The van der Waals surface area contributed by atoms with E-state index in [0.29, 0.717) is 10.7 Å². The molecule has 1 fully saturated rings. The molecule has 98 valence electrons. The molecule has 0 aromatic heterocycles. The van der Waals surface area contributed by atoms with Crippen LogP contribution in [0.4, 0.5) is 11.4 Å². The Labute approximate surface area is 111 Å². The summed E-state index contributed by atoms with van der Waals surface area (Å²) in [4.78, 5) is 10.6. The van der Waals surface area contributed by atoms with Crippen LogP contribution in [0.5, 0.6) is 0 Å². The van der Waals surface area contributed by atoms with E-state index in [9.17, 15) is 10.1 Å². The third-order valence-electron chi connectivity index (χ3n) is 3.67. The van der Waals surface area contributed by atoms with Gasteiger partial charge in [-0.3, -0.25) is 10.1 Å². The van der Waals surface area contributed by atoms with Crippen molar-refractivity contribution in [1.82, 2.24) is 0 Å². The molecule has 0 heterocycles. The summed E-state index contributed by atoms with van der Waals surface area (Å²) >= 11 is 5.78. The maximum absolute atomic E-state index is 11.0. The van der Waals surface area contributed by atoms with Crippen molar-refractivity contribution in [2.45, 2.75) is 32.6 Å². The zero-order valence-electron chi connectivity index (χ0n) is 10.4. The van der Waals surface area contributed by atoms with Gasteiger partial charge in [0, 0.05) is 17.6 Å². The molecule has 4 nitrogen and oxygen atoms in total. The van der Waals surface area contributed by atoms with Crippen LogP contribution in [0.1, 0.15) is 32.6 Å². The number of anilines is 1. The minimum absolute atomic E-state index is 0.0455. The minimum atomic E-state index is -0.398. The fourth-order valence-corrected chi connectivity index (χ4v) is 2.69. The van der Waals surface area contributed by atoms with Gasteiger partial charge < -0.3 is 5.32 Å². The average molecular weight is 269 g/mol. The number of benzene rings is 1. The van der Waals surface area contributed by atoms with Gasteiger partial charge in [0.2, 0.25) is 0 Å². The van der Waals surface area contributed by atoms with Crippen LogP contribution < -0.4 is 5.32 Å². The zero-order chi connectivity index (χ0) is 13.2. The smallest absolute Gasteiger partial charge is 0.293 e. The summed E-state index contributed by atoms with van der Waals surface area (Å²) in [5, 5.41) is 14.5. The largest absolute Gasteiger partial charge is 0.379 e. The normalized spacial score (nSPS) is 17.7. The minimum Gasteiger partial charge on any atom is -0.379 e. The molecule has 1 aromatic rings. The lowest BCUT2D eigenvalue weighted by molar-refractivity contribution is -0.383. The van der Waals surface area contributed by atoms with Gasteiger partial charge >= 0.3 is 0 Å². The van der Waals surface area contributed by atoms with Crippen molar-refractivity contribution in [2.75, 3.05) is 11.9 Å². The number of nitrogens with one attached hydrogen (secondary N) is 1. The van der Waals surface area contributed by atoms with E-state index in [1.54, 1.807) is 12.1 Å². The SMILES string of the molecule is CC1(CNc2ccc(Cl)cc2[N+](=O)[O-])CCCC1. The van der Waals surface area contributed by atoms with Crippen LogP contribution in [0.25, 0.3) is 0 Å². The van der Waals surface area contributed by atoms with Gasteiger partial charge in [-0.05, 0) is 30.4 Å². The van der Waals surface area contributed by atoms with Crippen molar-refractivity contribution in [3.63, 3.8) is 0 Å². The molecule has 0 spiro atoms. The second-order valence-electron chi connectivity index (χ2n) is 5.29. The fraction of sp³-hybridized carbons (Fsp3) is 0.538. The fourth-order valence-electron chi connectivity index (χ4n) is 2.52. The van der Waals surface area contributed by atoms with Gasteiger partial charge in [-0.25, -0.2) is 0 Å². The zero-order valence-corrected chi connectivity index (χ0v) is 11.2. The first-order chi connectivity index (χ1) is 8.50. The molecule has 1 aliphatic carbocycles. The first-order valence-electron chi connectivity index (χ1n) is 6.18. The summed E-state index contributed by atoms with van der Waals surface area (Å²) in [7, 11) is 0. The van der Waals surface area contributed by atoms with Crippen molar-refractivity contribution in [3.8, 4) is 0 Å². The number of nitrogens with zero attached hydrogens (tertiary/aromatic N) is 1. The van der Waals surface area contributed by atoms with Crippen LogP contribution in [-0.2, 0) is 0 Å². The van der Waals surface area contributed by atoms with E-state index in [2.05, 4.69) is 12.2 Å². The van der Waals surface area contributed by atoms with Crippen molar-refractivity contribution in [3.05, 3.63) is 33.3 Å². The highest BCUT2D eigenvalue weighted by Crippen LogP contribution is 2.38. The summed E-state index contributed by atoms with van der Waals surface area (Å²) < 4.78 is 0. The third kappa shape index (κ3) is 2.93. The van der Waals surface area contributed by atoms with Crippen molar-refractivity contribution < 1.29 is 4.92 Å². The highest BCUT2D eigenvalue weighted by atomic mass is 35.5. The second-order valence-corrected chi connectivity index (χ2v) is 5.73.